The first-order chi connectivity index (χ1) is 10.3. The van der Waals surface area contributed by atoms with E-state index in [-0.39, 0.29) is 10.5 Å². The highest BCUT2D eigenvalue weighted by Crippen LogP contribution is 2.47. The zero-order valence-electron chi connectivity index (χ0n) is 12.4. The zero-order chi connectivity index (χ0) is 16.4. The molecule has 2 aromatic rings. The number of hydrogen-bond acceptors (Lipinski definition) is 6. The summed E-state index contributed by atoms with van der Waals surface area (Å²) in [4.78, 5) is 0. The summed E-state index contributed by atoms with van der Waals surface area (Å²) in [5.74, 6) is 0. The van der Waals surface area contributed by atoms with Crippen LogP contribution in [0, 0.1) is 10.4 Å². The van der Waals surface area contributed by atoms with Crippen LogP contribution in [0.2, 0.25) is 0 Å². The zero-order valence-corrected chi connectivity index (χ0v) is 12.4. The molecule has 6 nitrogen and oxygen atoms in total. The van der Waals surface area contributed by atoms with E-state index in [9.17, 15) is 20.8 Å². The van der Waals surface area contributed by atoms with E-state index in [0.29, 0.717) is 11.1 Å². The Hall–Kier alpha value is -1.80. The Labute approximate surface area is 128 Å². The van der Waals surface area contributed by atoms with E-state index in [2.05, 4.69) is 0 Å². The molecule has 118 valence electrons. The smallest absolute Gasteiger partial charge is 0.0781 e. The fourth-order valence-corrected chi connectivity index (χ4v) is 2.68. The van der Waals surface area contributed by atoms with E-state index in [1.54, 1.807) is 60.7 Å². The minimum Gasteiger partial charge on any atom is -0.761 e. The molecule has 0 aliphatic carbocycles. The van der Waals surface area contributed by atoms with Crippen molar-refractivity contribution in [1.82, 2.24) is 10.5 Å². The van der Waals surface area contributed by atoms with Gasteiger partial charge in [-0.15, -0.1) is 0 Å². The first-order valence-electron chi connectivity index (χ1n) is 6.78. The largest absolute Gasteiger partial charge is 0.761 e. The van der Waals surface area contributed by atoms with Gasteiger partial charge in [-0.3, -0.25) is 10.5 Å². The van der Waals surface area contributed by atoms with Crippen molar-refractivity contribution in [2.75, 3.05) is 0 Å². The van der Waals surface area contributed by atoms with Crippen LogP contribution in [0.3, 0.4) is 0 Å². The molecule has 2 atom stereocenters. The van der Waals surface area contributed by atoms with E-state index in [4.69, 9.17) is 0 Å². The van der Waals surface area contributed by atoms with Gasteiger partial charge in [0, 0.05) is 0 Å². The fraction of sp³-hybridized carbons (Fsp3) is 0.250. The summed E-state index contributed by atoms with van der Waals surface area (Å²) >= 11 is 0. The average Bonchev–Trinajstić information content (AvgIpc) is 2.54. The van der Waals surface area contributed by atoms with Gasteiger partial charge < -0.3 is 20.8 Å². The van der Waals surface area contributed by atoms with Gasteiger partial charge in [-0.2, -0.15) is 0 Å². The molecule has 0 fully saturated rings. The van der Waals surface area contributed by atoms with Gasteiger partial charge in [0.1, 0.15) is 0 Å². The van der Waals surface area contributed by atoms with Gasteiger partial charge >= 0.3 is 0 Å². The van der Waals surface area contributed by atoms with Crippen molar-refractivity contribution in [3.8, 4) is 0 Å². The Morgan fingerprint density at radius 2 is 0.955 bits per heavy atom. The Balaban J connectivity index is 2.72. The van der Waals surface area contributed by atoms with Crippen LogP contribution in [0.5, 0.6) is 0 Å². The topological polar surface area (TPSA) is 93.1 Å². The van der Waals surface area contributed by atoms with E-state index in [1.807, 2.05) is 0 Å². The molecule has 0 amide bonds. The summed E-state index contributed by atoms with van der Waals surface area (Å²) in [5, 5.41) is 43.0. The Morgan fingerprint density at radius 3 is 1.18 bits per heavy atom. The van der Waals surface area contributed by atoms with Gasteiger partial charge in [-0.05, 0) is 25.0 Å². The second-order valence-corrected chi connectivity index (χ2v) is 5.42. The Morgan fingerprint density at radius 1 is 0.682 bits per heavy atom. The number of benzene rings is 2. The maximum absolute atomic E-state index is 12.0. The van der Waals surface area contributed by atoms with Crippen LogP contribution in [0.1, 0.15) is 25.0 Å². The maximum Gasteiger partial charge on any atom is 0.0781 e. The third-order valence-corrected chi connectivity index (χ3v) is 4.38. The molecule has 0 bridgehead atoms. The standard InChI is InChI=1S/C16H18N2O4/c1-15(17(19)20,13-9-5-3-6-10-13)16(2,18(21)22)14-11-7-4-8-12-14/h3-12,19,21H,1-2H3/q-2. The first-order valence-corrected chi connectivity index (χ1v) is 6.78. The van der Waals surface area contributed by atoms with Gasteiger partial charge in [-0.25, -0.2) is 0 Å². The number of nitrogens with zero attached hydrogens (tertiary/aromatic N) is 2. The van der Waals surface area contributed by atoms with Crippen molar-refractivity contribution in [2.24, 2.45) is 0 Å². The van der Waals surface area contributed by atoms with Crippen LogP contribution < -0.4 is 0 Å². The van der Waals surface area contributed by atoms with Crippen LogP contribution in [0.4, 0.5) is 0 Å². The molecule has 22 heavy (non-hydrogen) atoms. The highest BCUT2D eigenvalue weighted by molar-refractivity contribution is 5.36. The van der Waals surface area contributed by atoms with E-state index in [0.717, 1.165) is 0 Å². The lowest BCUT2D eigenvalue weighted by molar-refractivity contribution is -0.241. The molecule has 0 aliphatic rings. The van der Waals surface area contributed by atoms with E-state index >= 15 is 0 Å². The van der Waals surface area contributed by atoms with Crippen LogP contribution in [0.25, 0.3) is 0 Å². The minimum absolute atomic E-state index is 0.281. The lowest BCUT2D eigenvalue weighted by atomic mass is 9.71. The van der Waals surface area contributed by atoms with Crippen molar-refractivity contribution in [2.45, 2.75) is 24.9 Å². The quantitative estimate of drug-likeness (QED) is 0.824. The molecule has 0 aromatic heterocycles. The minimum atomic E-state index is -1.73. The average molecular weight is 302 g/mol. The summed E-state index contributed by atoms with van der Waals surface area (Å²) in [6.07, 6.45) is 0. The van der Waals surface area contributed by atoms with Crippen molar-refractivity contribution >= 4 is 0 Å². The van der Waals surface area contributed by atoms with Crippen LogP contribution >= 0.6 is 0 Å². The summed E-state index contributed by atoms with van der Waals surface area (Å²) in [6, 6.07) is 16.7. The Bertz CT molecular complexity index is 551. The van der Waals surface area contributed by atoms with Crippen molar-refractivity contribution < 1.29 is 10.4 Å². The Kier molecular flexibility index (Phi) is 4.62. The predicted molar refractivity (Wildman–Crippen MR) is 81.6 cm³/mol. The van der Waals surface area contributed by atoms with E-state index < -0.39 is 11.1 Å². The third-order valence-electron chi connectivity index (χ3n) is 4.38. The number of hydrogen-bond donors (Lipinski definition) is 2. The van der Waals surface area contributed by atoms with E-state index in [1.165, 1.54) is 13.8 Å². The molecule has 2 N–H and O–H groups in total. The van der Waals surface area contributed by atoms with Crippen LogP contribution in [0.15, 0.2) is 60.7 Å². The highest BCUT2D eigenvalue weighted by Gasteiger charge is 2.49. The lowest BCUT2D eigenvalue weighted by Crippen LogP contribution is -2.60. The molecule has 2 rings (SSSR count). The monoisotopic (exact) mass is 302 g/mol. The normalized spacial score (nSPS) is 17.3. The molecular weight excluding hydrogens is 284 g/mol. The lowest BCUT2D eigenvalue weighted by Gasteiger charge is -2.58. The van der Waals surface area contributed by atoms with Crippen molar-refractivity contribution in [1.29, 1.82) is 0 Å². The van der Waals surface area contributed by atoms with Gasteiger partial charge in [0.25, 0.3) is 0 Å². The summed E-state index contributed by atoms with van der Waals surface area (Å²) < 4.78 is 0. The van der Waals surface area contributed by atoms with Gasteiger partial charge in [0.15, 0.2) is 0 Å². The molecule has 0 heterocycles. The highest BCUT2D eigenvalue weighted by atomic mass is 16.8. The van der Waals surface area contributed by atoms with Gasteiger partial charge in [-0.1, -0.05) is 60.7 Å². The first kappa shape index (κ1) is 16.6. The van der Waals surface area contributed by atoms with Gasteiger partial charge in [0.05, 0.1) is 11.1 Å². The van der Waals surface area contributed by atoms with Crippen molar-refractivity contribution in [3.05, 3.63) is 82.2 Å². The molecule has 0 saturated heterocycles. The van der Waals surface area contributed by atoms with Gasteiger partial charge in [0.2, 0.25) is 0 Å². The molecule has 2 aromatic carbocycles. The van der Waals surface area contributed by atoms with Crippen LogP contribution in [-0.2, 0) is 11.1 Å². The summed E-state index contributed by atoms with van der Waals surface area (Å²) in [6.45, 7) is 2.81. The molecular formula is C16H18N2O4-2. The molecule has 6 heteroatoms. The fourth-order valence-electron chi connectivity index (χ4n) is 2.68. The predicted octanol–water partition coefficient (Wildman–Crippen LogP) is 3.20. The second-order valence-electron chi connectivity index (χ2n) is 5.42. The molecule has 0 saturated carbocycles. The summed E-state index contributed by atoms with van der Waals surface area (Å²) in [7, 11) is 0. The van der Waals surface area contributed by atoms with Crippen LogP contribution in [-0.4, -0.2) is 20.9 Å². The third kappa shape index (κ3) is 2.42. The van der Waals surface area contributed by atoms with Crippen molar-refractivity contribution in [3.63, 3.8) is 0 Å². The number of rotatable bonds is 5. The molecule has 2 unspecified atom stereocenters. The SMILES string of the molecule is CC(c1ccccc1)(N([O-])O)C(C)(c1ccccc1)N([O-])O. The molecule has 0 radical (unpaired) electrons. The maximum atomic E-state index is 12.0. The summed E-state index contributed by atoms with van der Waals surface area (Å²) in [5.41, 5.74) is -2.67. The number of hydroxylamine groups is 4. The molecule has 0 spiro atoms. The second kappa shape index (κ2) is 6.13. The molecule has 0 aliphatic heterocycles.